The van der Waals surface area contributed by atoms with E-state index in [1.54, 1.807) is 39.8 Å². The van der Waals surface area contributed by atoms with Crippen LogP contribution in [0.4, 0.5) is 0 Å². The van der Waals surface area contributed by atoms with Crippen molar-refractivity contribution < 1.29 is 38.4 Å². The summed E-state index contributed by atoms with van der Waals surface area (Å²) >= 11 is 0. The third kappa shape index (κ3) is 4.06. The smallest absolute Gasteiger partial charge is 0.341 e. The molecule has 2 aliphatic heterocycles. The average molecular weight is 420 g/mol. The summed E-state index contributed by atoms with van der Waals surface area (Å²) in [6.07, 6.45) is -0.284. The Balaban J connectivity index is 1.98. The highest BCUT2D eigenvalue weighted by Gasteiger charge is 2.58. The third-order valence-corrected chi connectivity index (χ3v) is 6.07. The first kappa shape index (κ1) is 22.2. The molecule has 8 heteroatoms. The zero-order valence-electron chi connectivity index (χ0n) is 17.8. The molecule has 0 saturated carbocycles. The summed E-state index contributed by atoms with van der Waals surface area (Å²) in [4.78, 5) is 36.4. The molecule has 7 atom stereocenters. The largest absolute Gasteiger partial charge is 0.458 e. The Bertz CT molecular complexity index is 840. The number of rotatable bonds is 3. The average Bonchev–Trinajstić information content (AvgIpc) is 3.18. The molecule has 1 aliphatic carbocycles. The molecule has 0 aromatic rings. The standard InChI is InChI=1S/C22H28O8/c1-10-7-8-15(27-14(5)23)11(2)9-16-17(12(3)20(25)28-16)18(24)19(10)29-21(26)22(6)13(4)30-22/h7,9,13,15-19,24H,3,8H2,1-2,4-6H3/b10-7-,11-9-/t13-,15-,16-,17-,18-,19-,22-/m0/s1. The number of carbonyl (C=O) groups is 3. The van der Waals surface area contributed by atoms with E-state index in [0.29, 0.717) is 17.6 Å². The molecule has 3 rings (SSSR count). The van der Waals surface area contributed by atoms with E-state index in [1.165, 1.54) is 6.92 Å². The highest BCUT2D eigenvalue weighted by atomic mass is 16.7. The zero-order valence-corrected chi connectivity index (χ0v) is 17.8. The van der Waals surface area contributed by atoms with Crippen molar-refractivity contribution in [2.45, 2.75) is 77.2 Å². The number of esters is 3. The molecule has 8 nitrogen and oxygen atoms in total. The Morgan fingerprint density at radius 1 is 1.27 bits per heavy atom. The van der Waals surface area contributed by atoms with Gasteiger partial charge in [0.05, 0.1) is 12.0 Å². The SMILES string of the molecule is C=C1C(=O)O[C@H]2/C=C(/C)[C@@H](OC(C)=O)C/C=C(/C)[C@H](OC(=O)[C@@]3(C)O[C@H]3C)[C@@H](O)[C@@H]12. The van der Waals surface area contributed by atoms with Crippen LogP contribution in [0.1, 0.15) is 41.0 Å². The van der Waals surface area contributed by atoms with E-state index in [1.807, 2.05) is 0 Å². The number of hydrogen-bond acceptors (Lipinski definition) is 8. The summed E-state index contributed by atoms with van der Waals surface area (Å²) in [5, 5.41) is 11.2. The monoisotopic (exact) mass is 420 g/mol. The van der Waals surface area contributed by atoms with Gasteiger partial charge in [0.1, 0.15) is 24.4 Å². The number of ether oxygens (including phenoxy) is 4. The van der Waals surface area contributed by atoms with Gasteiger partial charge in [-0.25, -0.2) is 9.59 Å². The molecule has 0 spiro atoms. The Morgan fingerprint density at radius 2 is 1.90 bits per heavy atom. The van der Waals surface area contributed by atoms with E-state index >= 15 is 0 Å². The number of hydrogen-bond donors (Lipinski definition) is 1. The van der Waals surface area contributed by atoms with Gasteiger partial charge < -0.3 is 24.1 Å². The maximum atomic E-state index is 12.7. The van der Waals surface area contributed by atoms with Crippen LogP contribution in [-0.2, 0) is 33.3 Å². The van der Waals surface area contributed by atoms with E-state index in [-0.39, 0.29) is 11.7 Å². The predicted molar refractivity (Wildman–Crippen MR) is 105 cm³/mol. The van der Waals surface area contributed by atoms with Crippen molar-refractivity contribution in [3.63, 3.8) is 0 Å². The van der Waals surface area contributed by atoms with Gasteiger partial charge in [-0.3, -0.25) is 4.79 Å². The molecule has 2 saturated heterocycles. The van der Waals surface area contributed by atoms with Crippen LogP contribution in [0, 0.1) is 5.92 Å². The highest BCUT2D eigenvalue weighted by molar-refractivity contribution is 5.91. The number of epoxide rings is 1. The molecule has 1 N–H and O–H groups in total. The lowest BCUT2D eigenvalue weighted by Crippen LogP contribution is -2.44. The Labute approximate surface area is 175 Å². The molecular formula is C22H28O8. The van der Waals surface area contributed by atoms with E-state index in [4.69, 9.17) is 18.9 Å². The topological polar surface area (TPSA) is 112 Å². The van der Waals surface area contributed by atoms with Crippen LogP contribution in [0.15, 0.2) is 35.5 Å². The minimum Gasteiger partial charge on any atom is -0.458 e. The lowest BCUT2D eigenvalue weighted by atomic mass is 9.83. The van der Waals surface area contributed by atoms with Gasteiger partial charge in [-0.2, -0.15) is 0 Å². The molecule has 0 bridgehead atoms. The fraction of sp³-hybridized carbons (Fsp3) is 0.591. The Morgan fingerprint density at radius 3 is 2.47 bits per heavy atom. The first-order valence-corrected chi connectivity index (χ1v) is 9.94. The molecule has 2 fully saturated rings. The molecule has 164 valence electrons. The minimum atomic E-state index is -1.26. The predicted octanol–water partition coefficient (Wildman–Crippen LogP) is 1.76. The molecule has 0 unspecified atom stereocenters. The van der Waals surface area contributed by atoms with Crippen molar-refractivity contribution in [2.75, 3.05) is 0 Å². The van der Waals surface area contributed by atoms with Gasteiger partial charge in [-0.15, -0.1) is 0 Å². The fourth-order valence-corrected chi connectivity index (χ4v) is 3.85. The molecule has 0 amide bonds. The van der Waals surface area contributed by atoms with E-state index in [2.05, 4.69) is 6.58 Å². The molecule has 2 heterocycles. The molecule has 0 aromatic carbocycles. The van der Waals surface area contributed by atoms with Gasteiger partial charge in [-0.1, -0.05) is 12.7 Å². The zero-order chi connectivity index (χ0) is 22.4. The van der Waals surface area contributed by atoms with Crippen LogP contribution in [0.2, 0.25) is 0 Å². The summed E-state index contributed by atoms with van der Waals surface area (Å²) < 4.78 is 21.8. The van der Waals surface area contributed by atoms with Gasteiger partial charge in [0, 0.05) is 18.9 Å². The van der Waals surface area contributed by atoms with Gasteiger partial charge >= 0.3 is 17.9 Å². The van der Waals surface area contributed by atoms with Gasteiger partial charge in [-0.05, 0) is 44.9 Å². The highest BCUT2D eigenvalue weighted by Crippen LogP contribution is 2.40. The molecule has 0 radical (unpaired) electrons. The quantitative estimate of drug-likeness (QED) is 0.242. The van der Waals surface area contributed by atoms with Crippen molar-refractivity contribution in [3.05, 3.63) is 35.5 Å². The van der Waals surface area contributed by atoms with Crippen LogP contribution < -0.4 is 0 Å². The van der Waals surface area contributed by atoms with E-state index in [9.17, 15) is 19.5 Å². The number of fused-ring (bicyclic) bond motifs is 1. The van der Waals surface area contributed by atoms with Crippen LogP contribution in [0.25, 0.3) is 0 Å². The second-order valence-electron chi connectivity index (χ2n) is 8.30. The van der Waals surface area contributed by atoms with Crippen molar-refractivity contribution in [1.82, 2.24) is 0 Å². The normalized spacial score (nSPS) is 42.1. The summed E-state index contributed by atoms with van der Waals surface area (Å²) in [6, 6.07) is 0. The number of aliphatic hydroxyl groups is 1. The summed E-state index contributed by atoms with van der Waals surface area (Å²) in [7, 11) is 0. The molecule has 30 heavy (non-hydrogen) atoms. The lowest BCUT2D eigenvalue weighted by Gasteiger charge is -2.31. The van der Waals surface area contributed by atoms with Crippen LogP contribution in [0.3, 0.4) is 0 Å². The van der Waals surface area contributed by atoms with Gasteiger partial charge in [0.2, 0.25) is 0 Å². The van der Waals surface area contributed by atoms with Gasteiger partial charge in [0.25, 0.3) is 0 Å². The van der Waals surface area contributed by atoms with Crippen molar-refractivity contribution in [2.24, 2.45) is 5.92 Å². The summed E-state index contributed by atoms with van der Waals surface area (Å²) in [6.45, 7) is 11.9. The third-order valence-electron chi connectivity index (χ3n) is 6.07. The van der Waals surface area contributed by atoms with Crippen molar-refractivity contribution in [3.8, 4) is 0 Å². The lowest BCUT2D eigenvalue weighted by molar-refractivity contribution is -0.160. The molecular weight excluding hydrogens is 392 g/mol. The second kappa shape index (κ2) is 8.00. The summed E-state index contributed by atoms with van der Waals surface area (Å²) in [5.41, 5.74) is 0.273. The van der Waals surface area contributed by atoms with E-state index in [0.717, 1.165) is 0 Å². The second-order valence-corrected chi connectivity index (χ2v) is 8.30. The first-order chi connectivity index (χ1) is 14.0. The molecule has 3 aliphatic rings. The summed E-state index contributed by atoms with van der Waals surface area (Å²) in [5.74, 6) is -2.50. The van der Waals surface area contributed by atoms with Gasteiger partial charge in [0.15, 0.2) is 5.60 Å². The van der Waals surface area contributed by atoms with Crippen LogP contribution >= 0.6 is 0 Å². The Hall–Kier alpha value is -2.45. The van der Waals surface area contributed by atoms with E-state index < -0.39 is 53.8 Å². The fourth-order valence-electron chi connectivity index (χ4n) is 3.85. The minimum absolute atomic E-state index is 0.0947. The molecule has 0 aromatic heterocycles. The maximum absolute atomic E-state index is 12.7. The maximum Gasteiger partial charge on any atom is 0.341 e. The first-order valence-electron chi connectivity index (χ1n) is 9.94. The number of carbonyl (C=O) groups excluding carboxylic acids is 3. The van der Waals surface area contributed by atoms with Crippen LogP contribution in [-0.4, -0.2) is 59.1 Å². The Kier molecular flexibility index (Phi) is 5.93. The van der Waals surface area contributed by atoms with Crippen molar-refractivity contribution >= 4 is 17.9 Å². The van der Waals surface area contributed by atoms with Crippen LogP contribution in [0.5, 0.6) is 0 Å². The number of aliphatic hydroxyl groups excluding tert-OH is 1. The van der Waals surface area contributed by atoms with Crippen molar-refractivity contribution in [1.29, 1.82) is 0 Å².